The van der Waals surface area contributed by atoms with E-state index in [1.54, 1.807) is 13.8 Å². The van der Waals surface area contributed by atoms with Crippen molar-refractivity contribution >= 4 is 23.5 Å². The highest BCUT2D eigenvalue weighted by molar-refractivity contribution is 7.66. The van der Waals surface area contributed by atoms with Crippen LogP contribution in [0.4, 0.5) is 4.39 Å². The Balaban J connectivity index is 2.20. The molecule has 176 valence electrons. The highest BCUT2D eigenvalue weighted by Crippen LogP contribution is 2.66. The summed E-state index contributed by atoms with van der Waals surface area (Å²) in [6.07, 6.45) is -0.869. The first-order valence-corrected chi connectivity index (χ1v) is 12.8. The normalized spacial score (nSPS) is 28.3. The van der Waals surface area contributed by atoms with Crippen molar-refractivity contribution in [3.8, 4) is 0 Å². The Labute approximate surface area is 174 Å². The molecule has 0 aliphatic heterocycles. The quantitative estimate of drug-likeness (QED) is 0.243. The summed E-state index contributed by atoms with van der Waals surface area (Å²) in [4.78, 5) is 51.5. The fraction of sp³-hybridized carbons (Fsp3) is 0.538. The molecule has 1 aliphatic rings. The van der Waals surface area contributed by atoms with Crippen LogP contribution in [0.25, 0.3) is 0 Å². The molecule has 0 radical (unpaired) electrons. The molecule has 5 N–H and O–H groups in total. The second kappa shape index (κ2) is 8.69. The van der Waals surface area contributed by atoms with Crippen molar-refractivity contribution in [2.24, 2.45) is 0 Å². The molecule has 1 aromatic heterocycles. The van der Waals surface area contributed by atoms with E-state index >= 15 is 4.39 Å². The number of alkyl halides is 1. The van der Waals surface area contributed by atoms with Crippen molar-refractivity contribution < 1.29 is 55.9 Å². The third-order valence-electron chi connectivity index (χ3n) is 4.49. The number of nitrogens with zero attached hydrogens (tertiary/aromatic N) is 2. The van der Waals surface area contributed by atoms with Crippen LogP contribution in [-0.2, 0) is 26.8 Å². The molecule has 5 atom stereocenters. The maximum Gasteiger partial charge on any atom is 0.490 e. The van der Waals surface area contributed by atoms with Gasteiger partial charge >= 0.3 is 29.2 Å². The van der Waals surface area contributed by atoms with Crippen LogP contribution >= 0.6 is 23.5 Å². The van der Waals surface area contributed by atoms with Gasteiger partial charge in [0.15, 0.2) is 5.67 Å². The Kier molecular flexibility index (Phi) is 7.34. The summed E-state index contributed by atoms with van der Waals surface area (Å²) in [6.45, 7) is 5.30. The Morgan fingerprint density at radius 1 is 1.23 bits per heavy atom. The van der Waals surface area contributed by atoms with E-state index in [4.69, 9.17) is 14.7 Å². The summed E-state index contributed by atoms with van der Waals surface area (Å²) < 4.78 is 61.5. The Bertz CT molecular complexity index is 1090. The highest BCUT2D eigenvalue weighted by atomic mass is 31.3. The lowest BCUT2D eigenvalue weighted by Crippen LogP contribution is -2.39. The maximum absolute atomic E-state index is 15.4. The molecule has 31 heavy (non-hydrogen) atoms. The van der Waals surface area contributed by atoms with Gasteiger partial charge in [-0.2, -0.15) is 13.6 Å². The van der Waals surface area contributed by atoms with Gasteiger partial charge in [0.05, 0.1) is 18.8 Å². The molecule has 0 amide bonds. The molecule has 0 aromatic carbocycles. The van der Waals surface area contributed by atoms with Gasteiger partial charge in [-0.05, 0) is 25.0 Å². The zero-order chi connectivity index (χ0) is 24.0. The second-order valence-electron chi connectivity index (χ2n) is 6.72. The molecule has 0 saturated heterocycles. The minimum absolute atomic E-state index is 0.376. The van der Waals surface area contributed by atoms with Gasteiger partial charge < -0.3 is 24.7 Å². The van der Waals surface area contributed by atoms with Crippen LogP contribution in [-0.4, -0.2) is 52.6 Å². The molecule has 14 nitrogen and oxygen atoms in total. The number of hydrogen-bond acceptors (Lipinski definition) is 9. The van der Waals surface area contributed by atoms with Crippen LogP contribution in [0.2, 0.25) is 0 Å². The molecule has 1 heterocycles. The van der Waals surface area contributed by atoms with E-state index in [1.807, 2.05) is 0 Å². The van der Waals surface area contributed by atoms with E-state index in [9.17, 15) is 28.5 Å². The summed E-state index contributed by atoms with van der Waals surface area (Å²) in [7, 11) is -17.0. The fourth-order valence-electron chi connectivity index (χ4n) is 2.85. The van der Waals surface area contributed by atoms with Crippen molar-refractivity contribution in [2.75, 3.05) is 6.61 Å². The van der Waals surface area contributed by atoms with Gasteiger partial charge in [-0.3, -0.25) is 9.09 Å². The molecule has 2 unspecified atom stereocenters. The summed E-state index contributed by atoms with van der Waals surface area (Å²) in [5, 5.41) is 10.2. The topological polar surface area (TPSA) is 215 Å². The molecular weight excluding hydrogens is 488 g/mol. The third kappa shape index (κ3) is 6.25. The number of phosphoric ester groups is 1. The van der Waals surface area contributed by atoms with Crippen LogP contribution in [0.15, 0.2) is 23.1 Å². The number of phosphoric acid groups is 3. The van der Waals surface area contributed by atoms with E-state index in [0.29, 0.717) is 11.3 Å². The van der Waals surface area contributed by atoms with Gasteiger partial charge in [0.2, 0.25) is 0 Å². The average molecular weight is 508 g/mol. The van der Waals surface area contributed by atoms with Gasteiger partial charge in [-0.25, -0.2) is 22.9 Å². The van der Waals surface area contributed by atoms with Crippen molar-refractivity contribution in [3.05, 3.63) is 40.1 Å². The lowest BCUT2D eigenvalue weighted by Gasteiger charge is -2.26. The van der Waals surface area contributed by atoms with Crippen LogP contribution in [0.3, 0.4) is 0 Å². The van der Waals surface area contributed by atoms with Gasteiger partial charge in [0.25, 0.3) is 0 Å². The molecule has 1 aromatic rings. The van der Waals surface area contributed by atoms with Crippen molar-refractivity contribution in [1.82, 2.24) is 9.55 Å². The number of aliphatic hydroxyl groups excluding tert-OH is 1. The monoisotopic (exact) mass is 508 g/mol. The summed E-state index contributed by atoms with van der Waals surface area (Å²) in [5.74, 6) is 0. The minimum Gasteiger partial charge on any atom is -0.389 e. The number of rotatable bonds is 8. The van der Waals surface area contributed by atoms with Gasteiger partial charge in [-0.15, -0.1) is 0 Å². The number of aryl methyl sites for hydroxylation is 2. The second-order valence-corrected chi connectivity index (χ2v) is 11.1. The van der Waals surface area contributed by atoms with E-state index in [2.05, 4.69) is 24.7 Å². The van der Waals surface area contributed by atoms with Crippen LogP contribution in [0.1, 0.15) is 23.7 Å². The third-order valence-corrected chi connectivity index (χ3v) is 8.27. The standard InChI is InChI=1S/C13H20FN2O12P3/c1-7-5-16(12(18)15-9(7)3)10-4-11(17)13(14,8(10)2)6-26-30(22,23)28-31(24,25)27-29(19,20)21/h5,10-11,17H,2,4,6H2,1,3H3,(H,22,23)(H,24,25)(H2,19,20,21)/t10-,11-,13+/m0/s1. The molecule has 1 aliphatic carbocycles. The predicted octanol–water partition coefficient (Wildman–Crippen LogP) is 0.774. The number of hydrogen-bond donors (Lipinski definition) is 5. The Morgan fingerprint density at radius 2 is 1.81 bits per heavy atom. The zero-order valence-electron chi connectivity index (χ0n) is 16.1. The van der Waals surface area contributed by atoms with E-state index in [-0.39, 0.29) is 6.42 Å². The maximum atomic E-state index is 15.4. The smallest absolute Gasteiger partial charge is 0.389 e. The molecule has 1 fully saturated rings. The Hall–Kier alpha value is -1.08. The zero-order valence-corrected chi connectivity index (χ0v) is 18.7. The lowest BCUT2D eigenvalue weighted by atomic mass is 9.99. The van der Waals surface area contributed by atoms with E-state index in [1.165, 1.54) is 6.20 Å². The lowest BCUT2D eigenvalue weighted by molar-refractivity contribution is -0.00238. The molecule has 18 heteroatoms. The number of aromatic nitrogens is 2. The van der Waals surface area contributed by atoms with Gasteiger partial charge in [0, 0.05) is 18.3 Å². The molecule has 1 saturated carbocycles. The SMILES string of the molecule is C=C1[C@@H](n2cc(C)c(C)nc2=O)C[C@H](O)[C@@]1(F)COP(=O)(O)OP(=O)(O)OP(=O)(O)O. The van der Waals surface area contributed by atoms with Crippen molar-refractivity contribution in [2.45, 2.75) is 38.1 Å². The number of aliphatic hydroxyl groups is 1. The van der Waals surface area contributed by atoms with Gasteiger partial charge in [0.1, 0.15) is 0 Å². The largest absolute Gasteiger partial charge is 0.490 e. The summed E-state index contributed by atoms with van der Waals surface area (Å²) in [6, 6.07) is -1.09. The summed E-state index contributed by atoms with van der Waals surface area (Å²) in [5.41, 5.74) is -3.03. The van der Waals surface area contributed by atoms with Crippen molar-refractivity contribution in [1.29, 1.82) is 0 Å². The van der Waals surface area contributed by atoms with E-state index < -0.39 is 59.2 Å². The number of halogens is 1. The first kappa shape index (κ1) is 26.2. The summed E-state index contributed by atoms with van der Waals surface area (Å²) >= 11 is 0. The molecule has 0 spiro atoms. The minimum atomic E-state index is -5.79. The van der Waals surface area contributed by atoms with Gasteiger partial charge in [-0.1, -0.05) is 6.58 Å². The fourth-order valence-corrected chi connectivity index (χ4v) is 5.90. The first-order valence-electron chi connectivity index (χ1n) is 8.28. The van der Waals surface area contributed by atoms with Crippen LogP contribution in [0, 0.1) is 13.8 Å². The van der Waals surface area contributed by atoms with Crippen molar-refractivity contribution in [3.63, 3.8) is 0 Å². The Morgan fingerprint density at radius 3 is 2.35 bits per heavy atom. The predicted molar refractivity (Wildman–Crippen MR) is 100 cm³/mol. The van der Waals surface area contributed by atoms with Crippen LogP contribution < -0.4 is 5.69 Å². The first-order chi connectivity index (χ1) is 13.9. The molecule has 2 rings (SSSR count). The molecule has 0 bridgehead atoms. The van der Waals surface area contributed by atoms with Crippen LogP contribution in [0.5, 0.6) is 0 Å². The van der Waals surface area contributed by atoms with E-state index in [0.717, 1.165) is 4.57 Å². The molecular formula is C13H20FN2O12P3. The highest BCUT2D eigenvalue weighted by Gasteiger charge is 2.53. The average Bonchev–Trinajstić information content (AvgIpc) is 2.78.